The van der Waals surface area contributed by atoms with Crippen molar-refractivity contribution in [2.24, 2.45) is 0 Å². The zero-order chi connectivity index (χ0) is 14.7. The second-order valence-corrected chi connectivity index (χ2v) is 5.69. The lowest BCUT2D eigenvalue weighted by Crippen LogP contribution is -2.19. The SMILES string of the molecule is CO[P+](=O)OS(=O)(=O)c1ccccc1OC(F)(F)F. The zero-order valence-electron chi connectivity index (χ0n) is 9.25. The predicted molar refractivity (Wildman–Crippen MR) is 56.0 cm³/mol. The minimum Gasteiger partial charge on any atom is -0.404 e. The van der Waals surface area contributed by atoms with Crippen molar-refractivity contribution in [2.75, 3.05) is 7.11 Å². The molecule has 1 aromatic carbocycles. The fraction of sp³-hybridized carbons (Fsp3) is 0.250. The van der Waals surface area contributed by atoms with Crippen LogP contribution in [0.25, 0.3) is 0 Å². The van der Waals surface area contributed by atoms with Crippen LogP contribution >= 0.6 is 8.25 Å². The van der Waals surface area contributed by atoms with E-state index in [4.69, 9.17) is 0 Å². The van der Waals surface area contributed by atoms with Gasteiger partial charge in [-0.2, -0.15) is 8.42 Å². The Morgan fingerprint density at radius 1 is 1.21 bits per heavy atom. The molecule has 0 aliphatic heterocycles. The minimum absolute atomic E-state index is 0.781. The predicted octanol–water partition coefficient (Wildman–Crippen LogP) is 2.59. The Labute approximate surface area is 107 Å². The number of benzene rings is 1. The van der Waals surface area contributed by atoms with E-state index >= 15 is 0 Å². The van der Waals surface area contributed by atoms with E-state index in [0.717, 1.165) is 31.4 Å². The minimum atomic E-state index is -5.07. The molecule has 0 bridgehead atoms. The maximum absolute atomic E-state index is 12.1. The van der Waals surface area contributed by atoms with Crippen LogP contribution in [0.2, 0.25) is 0 Å². The molecule has 1 aromatic rings. The topological polar surface area (TPSA) is 78.9 Å². The molecule has 11 heteroatoms. The standard InChI is InChI=1S/C8H7F3O6PS/c1-15-18(12)17-19(13,14)7-5-3-2-4-6(7)16-8(9,10)11/h2-5H,1H3/q+1. The molecule has 0 aliphatic rings. The van der Waals surface area contributed by atoms with E-state index in [-0.39, 0.29) is 0 Å². The molecular weight excluding hydrogens is 312 g/mol. The van der Waals surface area contributed by atoms with Crippen LogP contribution in [-0.2, 0) is 23.2 Å². The quantitative estimate of drug-likeness (QED) is 0.776. The van der Waals surface area contributed by atoms with Gasteiger partial charge in [0.1, 0.15) is 4.90 Å². The summed E-state index contributed by atoms with van der Waals surface area (Å²) in [6, 6.07) is 3.88. The van der Waals surface area contributed by atoms with Crippen molar-refractivity contribution in [1.29, 1.82) is 0 Å². The van der Waals surface area contributed by atoms with Crippen molar-refractivity contribution in [3.05, 3.63) is 24.3 Å². The van der Waals surface area contributed by atoms with E-state index in [2.05, 4.69) is 13.2 Å². The van der Waals surface area contributed by atoms with Gasteiger partial charge in [0.2, 0.25) is 0 Å². The number of hydrogen-bond donors (Lipinski definition) is 0. The summed E-state index contributed by atoms with van der Waals surface area (Å²) in [5, 5.41) is 0. The molecule has 6 nitrogen and oxygen atoms in total. The summed E-state index contributed by atoms with van der Waals surface area (Å²) in [5.41, 5.74) is 0. The molecule has 0 N–H and O–H groups in total. The number of halogens is 3. The number of hydrogen-bond acceptors (Lipinski definition) is 6. The molecule has 0 aliphatic carbocycles. The Kier molecular flexibility index (Phi) is 4.86. The van der Waals surface area contributed by atoms with Gasteiger partial charge in [-0.15, -0.1) is 17.7 Å². The fourth-order valence-electron chi connectivity index (χ4n) is 1.02. The summed E-state index contributed by atoms with van der Waals surface area (Å²) in [6.07, 6.45) is -5.07. The van der Waals surface area contributed by atoms with E-state index in [9.17, 15) is 26.2 Å². The second kappa shape index (κ2) is 5.83. The average molecular weight is 319 g/mol. The van der Waals surface area contributed by atoms with E-state index in [1.165, 1.54) is 0 Å². The van der Waals surface area contributed by atoms with Gasteiger partial charge in [0.05, 0.1) is 7.11 Å². The van der Waals surface area contributed by atoms with Crippen molar-refractivity contribution in [3.63, 3.8) is 0 Å². The Balaban J connectivity index is 3.16. The van der Waals surface area contributed by atoms with Crippen molar-refractivity contribution >= 4 is 18.4 Å². The van der Waals surface area contributed by atoms with Crippen LogP contribution in [0.4, 0.5) is 13.2 Å². The molecule has 19 heavy (non-hydrogen) atoms. The Bertz CT molecular complexity index is 570. The molecule has 0 radical (unpaired) electrons. The van der Waals surface area contributed by atoms with Gasteiger partial charge in [0, 0.05) is 8.54 Å². The van der Waals surface area contributed by atoms with Gasteiger partial charge in [0.15, 0.2) is 5.75 Å². The van der Waals surface area contributed by atoms with Crippen LogP contribution < -0.4 is 4.74 Å². The Morgan fingerprint density at radius 3 is 2.32 bits per heavy atom. The maximum Gasteiger partial charge on any atom is 0.714 e. The average Bonchev–Trinajstić information content (AvgIpc) is 2.26. The molecule has 1 atom stereocenters. The van der Waals surface area contributed by atoms with Gasteiger partial charge >= 0.3 is 24.7 Å². The molecule has 0 heterocycles. The first-order valence-electron chi connectivity index (χ1n) is 4.46. The van der Waals surface area contributed by atoms with Crippen molar-refractivity contribution in [2.45, 2.75) is 11.3 Å². The third kappa shape index (κ3) is 4.75. The molecule has 0 spiro atoms. The van der Waals surface area contributed by atoms with Crippen molar-refractivity contribution in [3.8, 4) is 5.75 Å². The summed E-state index contributed by atoms with van der Waals surface area (Å²) in [4.78, 5) is -0.910. The third-order valence-corrected chi connectivity index (χ3v) is 4.10. The van der Waals surface area contributed by atoms with Crippen LogP contribution in [0.5, 0.6) is 5.75 Å². The smallest absolute Gasteiger partial charge is 0.404 e. The summed E-state index contributed by atoms with van der Waals surface area (Å²) < 4.78 is 82.0. The van der Waals surface area contributed by atoms with Gasteiger partial charge in [-0.25, -0.2) is 0 Å². The molecule has 0 aromatic heterocycles. The van der Waals surface area contributed by atoms with Crippen molar-refractivity contribution in [1.82, 2.24) is 0 Å². The van der Waals surface area contributed by atoms with E-state index in [1.807, 2.05) is 0 Å². The summed E-state index contributed by atoms with van der Waals surface area (Å²) in [7, 11) is -6.81. The third-order valence-electron chi connectivity index (χ3n) is 1.65. The molecule has 0 fully saturated rings. The first-order chi connectivity index (χ1) is 8.65. The molecule has 1 rings (SSSR count). The summed E-state index contributed by atoms with van der Waals surface area (Å²) >= 11 is 0. The van der Waals surface area contributed by atoms with E-state index in [0.29, 0.717) is 0 Å². The van der Waals surface area contributed by atoms with Crippen LogP contribution in [0.3, 0.4) is 0 Å². The molecule has 1 unspecified atom stereocenters. The van der Waals surface area contributed by atoms with Gasteiger partial charge in [-0.1, -0.05) is 12.1 Å². The van der Waals surface area contributed by atoms with Crippen LogP contribution in [-0.4, -0.2) is 21.9 Å². The largest absolute Gasteiger partial charge is 0.714 e. The zero-order valence-corrected chi connectivity index (χ0v) is 11.0. The van der Waals surface area contributed by atoms with E-state index in [1.54, 1.807) is 0 Å². The van der Waals surface area contributed by atoms with Crippen molar-refractivity contribution < 1.29 is 39.4 Å². The number of rotatable bonds is 5. The first-order valence-corrected chi connectivity index (χ1v) is 6.97. The summed E-state index contributed by atoms with van der Waals surface area (Å²) in [6.45, 7) is 0. The molecule has 106 valence electrons. The highest BCUT2D eigenvalue weighted by Gasteiger charge is 2.37. The second-order valence-electron chi connectivity index (χ2n) is 2.93. The highest BCUT2D eigenvalue weighted by Crippen LogP contribution is 2.35. The Morgan fingerprint density at radius 2 is 1.79 bits per heavy atom. The molecular formula is C8H7F3O6PS+. The highest BCUT2D eigenvalue weighted by molar-refractivity contribution is 7.89. The van der Waals surface area contributed by atoms with Crippen LogP contribution in [0.1, 0.15) is 0 Å². The summed E-state index contributed by atoms with van der Waals surface area (Å²) in [5.74, 6) is -0.991. The lowest BCUT2D eigenvalue weighted by atomic mass is 10.3. The van der Waals surface area contributed by atoms with Crippen LogP contribution in [0.15, 0.2) is 29.2 Å². The fourth-order valence-corrected chi connectivity index (χ4v) is 2.82. The van der Waals surface area contributed by atoms with E-state index < -0.39 is 35.4 Å². The highest BCUT2D eigenvalue weighted by atomic mass is 32.2. The normalized spacial score (nSPS) is 13.2. The van der Waals surface area contributed by atoms with Gasteiger partial charge in [-0.3, -0.25) is 0 Å². The van der Waals surface area contributed by atoms with Gasteiger partial charge in [0.25, 0.3) is 0 Å². The Hall–Kier alpha value is -1.22. The van der Waals surface area contributed by atoms with Gasteiger partial charge in [-0.05, 0) is 12.1 Å². The number of ether oxygens (including phenoxy) is 1. The maximum atomic E-state index is 12.1. The molecule has 0 saturated heterocycles. The lowest BCUT2D eigenvalue weighted by molar-refractivity contribution is -0.275. The molecule has 0 amide bonds. The number of para-hydroxylation sites is 1. The lowest BCUT2D eigenvalue weighted by Gasteiger charge is -2.10. The monoisotopic (exact) mass is 319 g/mol. The number of alkyl halides is 3. The van der Waals surface area contributed by atoms with Crippen LogP contribution in [0, 0.1) is 0 Å². The first kappa shape index (κ1) is 15.8. The molecule has 0 saturated carbocycles. The van der Waals surface area contributed by atoms with Gasteiger partial charge < -0.3 is 4.74 Å².